The molecule has 1 aromatic heterocycles. The van der Waals surface area contributed by atoms with Crippen molar-refractivity contribution in [2.24, 2.45) is 5.92 Å². The first kappa shape index (κ1) is 13.9. The van der Waals surface area contributed by atoms with Crippen molar-refractivity contribution in [2.45, 2.75) is 26.3 Å². The minimum Gasteiger partial charge on any atom is -0.480 e. The van der Waals surface area contributed by atoms with Crippen LogP contribution < -0.4 is 5.32 Å². The Kier molecular flexibility index (Phi) is 4.59. The Morgan fingerprint density at radius 2 is 2.28 bits per heavy atom. The molecule has 0 amide bonds. The highest BCUT2D eigenvalue weighted by molar-refractivity contribution is 5.77. The maximum absolute atomic E-state index is 11.1. The van der Waals surface area contributed by atoms with Crippen molar-refractivity contribution in [1.29, 1.82) is 0 Å². The smallest absolute Gasteiger partial charge is 0.326 e. The number of aliphatic carboxylic acids is 1. The lowest BCUT2D eigenvalue weighted by molar-refractivity contribution is -0.385. The normalized spacial score (nSPS) is 13.7. The summed E-state index contributed by atoms with van der Waals surface area (Å²) in [5.41, 5.74) is -0.129. The molecule has 18 heavy (non-hydrogen) atoms. The van der Waals surface area contributed by atoms with Crippen molar-refractivity contribution < 1.29 is 14.8 Å². The molecule has 0 fully saturated rings. The molecular formula is C11H15N3O4. The molecule has 0 aliphatic rings. The zero-order valence-electron chi connectivity index (χ0n) is 10.2. The minimum atomic E-state index is -0.968. The third kappa shape index (κ3) is 3.41. The first-order valence-corrected chi connectivity index (χ1v) is 5.55. The number of aromatic nitrogens is 1. The molecule has 0 spiro atoms. The number of hydrogen-bond donors (Lipinski definition) is 2. The minimum absolute atomic E-state index is 0.0699. The number of anilines is 1. The van der Waals surface area contributed by atoms with Crippen LogP contribution in [0.1, 0.15) is 20.3 Å². The Balaban J connectivity index is 2.81. The summed E-state index contributed by atoms with van der Waals surface area (Å²) < 4.78 is 0. The summed E-state index contributed by atoms with van der Waals surface area (Å²) in [5, 5.41) is 22.3. The van der Waals surface area contributed by atoms with Gasteiger partial charge in [0, 0.05) is 6.07 Å². The monoisotopic (exact) mass is 253 g/mol. The summed E-state index contributed by atoms with van der Waals surface area (Å²) in [6, 6.07) is 1.92. The van der Waals surface area contributed by atoms with E-state index in [-0.39, 0.29) is 11.6 Å². The average molecular weight is 253 g/mol. The van der Waals surface area contributed by atoms with Crippen LogP contribution in [0.15, 0.2) is 18.3 Å². The lowest BCUT2D eigenvalue weighted by atomic mass is 9.99. The number of nitrogens with zero attached hydrogens (tertiary/aromatic N) is 2. The van der Waals surface area contributed by atoms with Gasteiger partial charge in [-0.3, -0.25) is 10.1 Å². The quantitative estimate of drug-likeness (QED) is 0.592. The van der Waals surface area contributed by atoms with Crippen LogP contribution in [0.2, 0.25) is 0 Å². The Labute approximate surface area is 104 Å². The molecule has 2 unspecified atom stereocenters. The first-order chi connectivity index (χ1) is 8.45. The lowest BCUT2D eigenvalue weighted by Gasteiger charge is -2.20. The highest BCUT2D eigenvalue weighted by Crippen LogP contribution is 2.16. The third-order valence-corrected chi connectivity index (χ3v) is 2.74. The predicted octanol–water partition coefficient (Wildman–Crippen LogP) is 1.90. The molecule has 0 aliphatic carbocycles. The van der Waals surface area contributed by atoms with Crippen molar-refractivity contribution >= 4 is 17.5 Å². The van der Waals surface area contributed by atoms with Gasteiger partial charge >= 0.3 is 5.97 Å². The van der Waals surface area contributed by atoms with Crippen LogP contribution in [0.4, 0.5) is 11.5 Å². The van der Waals surface area contributed by atoms with Gasteiger partial charge in [0.2, 0.25) is 0 Å². The van der Waals surface area contributed by atoms with Crippen molar-refractivity contribution in [3.63, 3.8) is 0 Å². The molecule has 2 N–H and O–H groups in total. The van der Waals surface area contributed by atoms with Crippen LogP contribution in [0.5, 0.6) is 0 Å². The van der Waals surface area contributed by atoms with Gasteiger partial charge in [0.15, 0.2) is 0 Å². The highest BCUT2D eigenvalue weighted by atomic mass is 16.6. The molecule has 0 saturated carbocycles. The van der Waals surface area contributed by atoms with Gasteiger partial charge in [0.1, 0.15) is 18.1 Å². The summed E-state index contributed by atoms with van der Waals surface area (Å²) in [6.07, 6.45) is 1.80. The van der Waals surface area contributed by atoms with Crippen LogP contribution >= 0.6 is 0 Å². The molecule has 0 bridgehead atoms. The molecule has 0 radical (unpaired) electrons. The van der Waals surface area contributed by atoms with Gasteiger partial charge in [0.05, 0.1) is 4.92 Å². The molecule has 7 heteroatoms. The number of carbonyl (C=O) groups is 1. The number of nitrogens with one attached hydrogen (secondary N) is 1. The molecule has 2 atom stereocenters. The van der Waals surface area contributed by atoms with Crippen molar-refractivity contribution in [3.8, 4) is 0 Å². The van der Waals surface area contributed by atoms with Crippen LogP contribution in [0.3, 0.4) is 0 Å². The molecule has 1 heterocycles. The van der Waals surface area contributed by atoms with E-state index in [4.69, 9.17) is 5.11 Å². The van der Waals surface area contributed by atoms with E-state index in [1.165, 1.54) is 12.1 Å². The number of pyridine rings is 1. The van der Waals surface area contributed by atoms with Gasteiger partial charge in [0.25, 0.3) is 5.69 Å². The van der Waals surface area contributed by atoms with Gasteiger partial charge in [-0.2, -0.15) is 0 Å². The van der Waals surface area contributed by atoms with E-state index in [1.807, 2.05) is 13.8 Å². The standard InChI is InChI=1S/C11H15N3O4/c1-3-7(2)10(11(15)16)13-9-5-4-8(6-12-9)14(17)18/h4-7,10H,3H2,1-2H3,(H,12,13)(H,15,16). The van der Waals surface area contributed by atoms with E-state index >= 15 is 0 Å². The van der Waals surface area contributed by atoms with E-state index in [2.05, 4.69) is 10.3 Å². The Hall–Kier alpha value is -2.18. The maximum Gasteiger partial charge on any atom is 0.326 e. The lowest BCUT2D eigenvalue weighted by Crippen LogP contribution is -2.35. The number of carboxylic acid groups (broad SMARTS) is 1. The molecule has 1 rings (SSSR count). The zero-order valence-corrected chi connectivity index (χ0v) is 10.2. The van der Waals surface area contributed by atoms with Gasteiger partial charge in [-0.15, -0.1) is 0 Å². The molecule has 0 saturated heterocycles. The summed E-state index contributed by atoms with van der Waals surface area (Å²) >= 11 is 0. The first-order valence-electron chi connectivity index (χ1n) is 5.55. The molecular weight excluding hydrogens is 238 g/mol. The second-order valence-electron chi connectivity index (χ2n) is 4.00. The van der Waals surface area contributed by atoms with E-state index in [1.54, 1.807) is 0 Å². The Morgan fingerprint density at radius 3 is 2.67 bits per heavy atom. The van der Waals surface area contributed by atoms with E-state index < -0.39 is 16.9 Å². The number of hydrogen-bond acceptors (Lipinski definition) is 5. The topological polar surface area (TPSA) is 105 Å². The number of carboxylic acids is 1. The molecule has 0 aromatic carbocycles. The van der Waals surface area contributed by atoms with Crippen molar-refractivity contribution in [2.75, 3.05) is 5.32 Å². The average Bonchev–Trinajstić information content (AvgIpc) is 2.35. The fraction of sp³-hybridized carbons (Fsp3) is 0.455. The van der Waals surface area contributed by atoms with Crippen molar-refractivity contribution in [1.82, 2.24) is 4.98 Å². The molecule has 1 aromatic rings. The SMILES string of the molecule is CCC(C)C(Nc1ccc([N+](=O)[O-])cn1)C(=O)O. The van der Waals surface area contributed by atoms with E-state index in [9.17, 15) is 14.9 Å². The van der Waals surface area contributed by atoms with Crippen LogP contribution in [-0.2, 0) is 4.79 Å². The highest BCUT2D eigenvalue weighted by Gasteiger charge is 2.23. The Bertz CT molecular complexity index is 432. The van der Waals surface area contributed by atoms with E-state index in [0.29, 0.717) is 12.2 Å². The Morgan fingerprint density at radius 1 is 1.61 bits per heavy atom. The summed E-state index contributed by atoms with van der Waals surface area (Å²) in [5.74, 6) is -0.725. The van der Waals surface area contributed by atoms with Gasteiger partial charge in [-0.1, -0.05) is 20.3 Å². The summed E-state index contributed by atoms with van der Waals surface area (Å²) in [7, 11) is 0. The van der Waals surface area contributed by atoms with Gasteiger partial charge < -0.3 is 10.4 Å². The van der Waals surface area contributed by atoms with Crippen molar-refractivity contribution in [3.05, 3.63) is 28.4 Å². The molecule has 98 valence electrons. The number of rotatable bonds is 6. The molecule has 0 aliphatic heterocycles. The third-order valence-electron chi connectivity index (χ3n) is 2.74. The molecule has 7 nitrogen and oxygen atoms in total. The number of nitro groups is 1. The maximum atomic E-state index is 11.1. The summed E-state index contributed by atoms with van der Waals surface area (Å²) in [4.78, 5) is 24.8. The second kappa shape index (κ2) is 5.95. The summed E-state index contributed by atoms with van der Waals surface area (Å²) in [6.45, 7) is 3.71. The van der Waals surface area contributed by atoms with Crippen LogP contribution in [0.25, 0.3) is 0 Å². The van der Waals surface area contributed by atoms with E-state index in [0.717, 1.165) is 6.20 Å². The van der Waals surface area contributed by atoms with Gasteiger partial charge in [-0.25, -0.2) is 9.78 Å². The van der Waals surface area contributed by atoms with Crippen LogP contribution in [0, 0.1) is 16.0 Å². The van der Waals surface area contributed by atoms with Crippen LogP contribution in [-0.4, -0.2) is 27.0 Å². The zero-order chi connectivity index (χ0) is 13.7. The fourth-order valence-corrected chi connectivity index (χ4v) is 1.42. The largest absolute Gasteiger partial charge is 0.480 e. The second-order valence-corrected chi connectivity index (χ2v) is 4.00. The fourth-order valence-electron chi connectivity index (χ4n) is 1.42. The van der Waals surface area contributed by atoms with Gasteiger partial charge in [-0.05, 0) is 12.0 Å². The predicted molar refractivity (Wildman–Crippen MR) is 65.4 cm³/mol.